The van der Waals surface area contributed by atoms with Gasteiger partial charge in [0.1, 0.15) is 16.8 Å². The van der Waals surface area contributed by atoms with Crippen molar-refractivity contribution in [2.75, 3.05) is 0 Å². The molecule has 0 bridgehead atoms. The summed E-state index contributed by atoms with van der Waals surface area (Å²) in [5.74, 6) is -1.09. The molecule has 0 saturated heterocycles. The van der Waals surface area contributed by atoms with E-state index in [1.165, 1.54) is 4.90 Å². The number of pyridine rings is 1. The Kier molecular flexibility index (Phi) is 4.09. The minimum atomic E-state index is -1.09. The fourth-order valence-electron chi connectivity index (χ4n) is 2.14. The van der Waals surface area contributed by atoms with Crippen LogP contribution in [0.15, 0.2) is 12.1 Å². The van der Waals surface area contributed by atoms with Crippen molar-refractivity contribution in [3.05, 3.63) is 28.5 Å². The van der Waals surface area contributed by atoms with Gasteiger partial charge in [0.15, 0.2) is 0 Å². The number of rotatable bonds is 1. The number of carbonyl (C=O) groups is 2. The van der Waals surface area contributed by atoms with Gasteiger partial charge >= 0.3 is 12.1 Å². The third-order valence-electron chi connectivity index (χ3n) is 3.05. The lowest BCUT2D eigenvalue weighted by molar-refractivity contribution is -0.143. The second kappa shape index (κ2) is 5.52. The van der Waals surface area contributed by atoms with Crippen molar-refractivity contribution in [2.24, 2.45) is 0 Å². The van der Waals surface area contributed by atoms with Gasteiger partial charge in [-0.2, -0.15) is 0 Å². The van der Waals surface area contributed by atoms with E-state index in [1.807, 2.05) is 0 Å². The van der Waals surface area contributed by atoms with E-state index in [1.54, 1.807) is 32.9 Å². The molecule has 0 saturated carbocycles. The Hall–Kier alpha value is -1.82. The van der Waals surface area contributed by atoms with Gasteiger partial charge < -0.3 is 9.84 Å². The van der Waals surface area contributed by atoms with Crippen molar-refractivity contribution in [2.45, 2.75) is 45.4 Å². The van der Waals surface area contributed by atoms with Crippen molar-refractivity contribution in [1.29, 1.82) is 0 Å². The summed E-state index contributed by atoms with van der Waals surface area (Å²) in [4.78, 5) is 29.0. The largest absolute Gasteiger partial charge is 0.480 e. The maximum Gasteiger partial charge on any atom is 0.411 e. The van der Waals surface area contributed by atoms with Crippen LogP contribution in [0.25, 0.3) is 0 Å². The molecule has 1 aliphatic rings. The molecule has 0 radical (unpaired) electrons. The first-order valence-electron chi connectivity index (χ1n) is 6.54. The number of hydrogen-bond donors (Lipinski definition) is 1. The third kappa shape index (κ3) is 3.64. The number of fused-ring (bicyclic) bond motifs is 1. The number of hydrogen-bond acceptors (Lipinski definition) is 4. The highest BCUT2D eigenvalue weighted by Gasteiger charge is 2.37. The predicted molar refractivity (Wildman–Crippen MR) is 76.2 cm³/mol. The molecule has 0 fully saturated rings. The maximum absolute atomic E-state index is 12.2. The molecule has 1 amide bonds. The lowest BCUT2D eigenvalue weighted by Gasteiger charge is -2.35. The molecule has 1 aromatic rings. The average molecular weight is 313 g/mol. The summed E-state index contributed by atoms with van der Waals surface area (Å²) in [6.45, 7) is 5.35. The monoisotopic (exact) mass is 312 g/mol. The second-order valence-corrected chi connectivity index (χ2v) is 6.29. The van der Waals surface area contributed by atoms with Gasteiger partial charge in [0.2, 0.25) is 0 Å². The zero-order valence-electron chi connectivity index (χ0n) is 12.1. The Labute approximate surface area is 127 Å². The number of nitrogens with zero attached hydrogens (tertiary/aromatic N) is 2. The van der Waals surface area contributed by atoms with Crippen LogP contribution >= 0.6 is 11.6 Å². The topological polar surface area (TPSA) is 79.7 Å². The van der Waals surface area contributed by atoms with E-state index >= 15 is 0 Å². The Bertz CT molecular complexity index is 583. The van der Waals surface area contributed by atoms with E-state index in [4.69, 9.17) is 16.3 Å². The van der Waals surface area contributed by atoms with Gasteiger partial charge in [-0.05, 0) is 32.4 Å². The number of carboxylic acid groups (broad SMARTS) is 1. The van der Waals surface area contributed by atoms with Crippen molar-refractivity contribution in [3.8, 4) is 0 Å². The lowest BCUT2D eigenvalue weighted by Crippen LogP contribution is -2.50. The zero-order chi connectivity index (χ0) is 15.8. The Morgan fingerprint density at radius 2 is 2.10 bits per heavy atom. The van der Waals surface area contributed by atoms with Crippen molar-refractivity contribution < 1.29 is 19.4 Å². The highest BCUT2D eigenvalue weighted by molar-refractivity contribution is 6.29. The summed E-state index contributed by atoms with van der Waals surface area (Å²) >= 11 is 5.83. The molecule has 1 N–H and O–H groups in total. The summed E-state index contributed by atoms with van der Waals surface area (Å²) in [6.07, 6.45) is -0.528. The molecular formula is C14H17ClN2O4. The molecule has 1 unspecified atom stereocenters. The molecule has 6 nitrogen and oxygen atoms in total. The van der Waals surface area contributed by atoms with E-state index in [9.17, 15) is 14.7 Å². The summed E-state index contributed by atoms with van der Waals surface area (Å²) in [5, 5.41) is 9.65. The first-order chi connectivity index (χ1) is 9.67. The molecular weight excluding hydrogens is 296 g/mol. The SMILES string of the molecule is CC(C)(C)OC(=O)N1Cc2ccc(Cl)nc2CC1C(=O)O. The van der Waals surface area contributed by atoms with Crippen LogP contribution in [-0.2, 0) is 22.5 Å². The highest BCUT2D eigenvalue weighted by Crippen LogP contribution is 2.25. The van der Waals surface area contributed by atoms with Crippen molar-refractivity contribution in [1.82, 2.24) is 9.88 Å². The van der Waals surface area contributed by atoms with Gasteiger partial charge in [-0.3, -0.25) is 4.90 Å². The van der Waals surface area contributed by atoms with Gasteiger partial charge in [0.05, 0.1) is 6.54 Å². The van der Waals surface area contributed by atoms with Gasteiger partial charge in [-0.1, -0.05) is 17.7 Å². The van der Waals surface area contributed by atoms with E-state index in [2.05, 4.69) is 4.98 Å². The predicted octanol–water partition coefficient (Wildman–Crippen LogP) is 2.48. The number of aliphatic carboxylic acids is 1. The molecule has 1 aromatic heterocycles. The smallest absolute Gasteiger partial charge is 0.411 e. The number of carboxylic acids is 1. The van der Waals surface area contributed by atoms with E-state index in [0.717, 1.165) is 5.56 Å². The van der Waals surface area contributed by atoms with Crippen LogP contribution in [0.5, 0.6) is 0 Å². The normalized spacial score (nSPS) is 18.1. The van der Waals surface area contributed by atoms with Crippen LogP contribution in [0.2, 0.25) is 5.15 Å². The Morgan fingerprint density at radius 1 is 1.43 bits per heavy atom. The minimum absolute atomic E-state index is 0.116. The lowest BCUT2D eigenvalue weighted by atomic mass is 9.99. The molecule has 0 aliphatic carbocycles. The molecule has 114 valence electrons. The van der Waals surface area contributed by atoms with Crippen LogP contribution in [0.3, 0.4) is 0 Å². The molecule has 0 spiro atoms. The maximum atomic E-state index is 12.2. The molecule has 0 aromatic carbocycles. The first kappa shape index (κ1) is 15.6. The molecule has 2 heterocycles. The van der Waals surface area contributed by atoms with E-state index in [-0.39, 0.29) is 13.0 Å². The van der Waals surface area contributed by atoms with Crippen LogP contribution in [0.4, 0.5) is 4.79 Å². The van der Waals surface area contributed by atoms with Crippen LogP contribution in [0, 0.1) is 0 Å². The second-order valence-electron chi connectivity index (χ2n) is 5.91. The number of halogens is 1. The quantitative estimate of drug-likeness (QED) is 0.806. The molecule has 21 heavy (non-hydrogen) atoms. The summed E-state index contributed by atoms with van der Waals surface area (Å²) < 4.78 is 5.27. The number of amides is 1. The molecule has 1 aliphatic heterocycles. The number of carbonyl (C=O) groups excluding carboxylic acids is 1. The fourth-order valence-corrected chi connectivity index (χ4v) is 2.31. The average Bonchev–Trinajstić information content (AvgIpc) is 2.34. The third-order valence-corrected chi connectivity index (χ3v) is 3.26. The Morgan fingerprint density at radius 3 is 2.67 bits per heavy atom. The van der Waals surface area contributed by atoms with Crippen molar-refractivity contribution in [3.63, 3.8) is 0 Å². The van der Waals surface area contributed by atoms with Gasteiger partial charge in [-0.15, -0.1) is 0 Å². The zero-order valence-corrected chi connectivity index (χ0v) is 12.8. The minimum Gasteiger partial charge on any atom is -0.480 e. The van der Waals surface area contributed by atoms with Crippen LogP contribution in [-0.4, -0.2) is 38.7 Å². The molecule has 1 atom stereocenters. The molecule has 7 heteroatoms. The van der Waals surface area contributed by atoms with Crippen LogP contribution in [0.1, 0.15) is 32.0 Å². The summed E-state index contributed by atoms with van der Waals surface area (Å²) in [6, 6.07) is 2.37. The van der Waals surface area contributed by atoms with E-state index < -0.39 is 23.7 Å². The Balaban J connectivity index is 2.30. The van der Waals surface area contributed by atoms with Gasteiger partial charge in [-0.25, -0.2) is 14.6 Å². The first-order valence-corrected chi connectivity index (χ1v) is 6.92. The highest BCUT2D eigenvalue weighted by atomic mass is 35.5. The van der Waals surface area contributed by atoms with E-state index in [0.29, 0.717) is 10.8 Å². The fraction of sp³-hybridized carbons (Fsp3) is 0.500. The molecule has 2 rings (SSSR count). The summed E-state index contributed by atoms with van der Waals surface area (Å²) in [5.41, 5.74) is 0.705. The number of ether oxygens (including phenoxy) is 1. The van der Waals surface area contributed by atoms with Gasteiger partial charge in [0.25, 0.3) is 0 Å². The number of aromatic nitrogens is 1. The summed E-state index contributed by atoms with van der Waals surface area (Å²) in [7, 11) is 0. The van der Waals surface area contributed by atoms with Crippen molar-refractivity contribution >= 4 is 23.7 Å². The standard InChI is InChI=1S/C14H17ClN2O4/c1-14(2,3)21-13(20)17-7-8-4-5-11(15)16-9(8)6-10(17)12(18)19/h4-5,10H,6-7H2,1-3H3,(H,18,19). The van der Waals surface area contributed by atoms with Gasteiger partial charge in [0, 0.05) is 12.1 Å². The van der Waals surface area contributed by atoms with Crippen LogP contribution < -0.4 is 0 Å².